The summed E-state index contributed by atoms with van der Waals surface area (Å²) in [6, 6.07) is 8.91. The average Bonchev–Trinajstić information content (AvgIpc) is 3.07. The number of carbonyl (C=O) groups is 1. The number of carbonyl (C=O) groups excluding carboxylic acids is 1. The van der Waals surface area contributed by atoms with E-state index >= 15 is 0 Å². The molecule has 1 atom stereocenters. The van der Waals surface area contributed by atoms with E-state index in [-0.39, 0.29) is 55.6 Å². The summed E-state index contributed by atoms with van der Waals surface area (Å²) < 4.78 is 44.1. The van der Waals surface area contributed by atoms with E-state index in [9.17, 15) is 22.9 Å². The number of fused-ring (bicyclic) bond motifs is 2. The van der Waals surface area contributed by atoms with Crippen molar-refractivity contribution < 1.29 is 61.9 Å². The number of rotatable bonds is 3. The first-order chi connectivity index (χ1) is 15.6. The molecule has 0 spiro atoms. The van der Waals surface area contributed by atoms with Crippen LogP contribution < -0.4 is 39.0 Å². The number of halogens is 1. The predicted molar refractivity (Wildman–Crippen MR) is 131 cm³/mol. The SMILES string of the molecule is C.COc1ccc(Cl)c2c1CCCC(=O)C2.COc1cccc2c1CCCC(O)(S(=O)(=O)[O-])C2.[Na+]. The van der Waals surface area contributed by atoms with Crippen LogP contribution in [0.1, 0.15) is 55.4 Å². The van der Waals surface area contributed by atoms with Gasteiger partial charge < -0.3 is 19.1 Å². The molecule has 4 rings (SSSR count). The largest absolute Gasteiger partial charge is 1.00 e. The number of hydrogen-bond donors (Lipinski definition) is 1. The summed E-state index contributed by atoms with van der Waals surface area (Å²) in [5.74, 6) is 1.79. The smallest absolute Gasteiger partial charge is 0.746 e. The summed E-state index contributed by atoms with van der Waals surface area (Å²) in [6.45, 7) is 0. The van der Waals surface area contributed by atoms with Crippen LogP contribution in [0.15, 0.2) is 30.3 Å². The van der Waals surface area contributed by atoms with E-state index in [1.807, 2.05) is 6.07 Å². The molecule has 0 aromatic heterocycles. The fourth-order valence-corrected chi connectivity index (χ4v) is 5.41. The maximum atomic E-state index is 11.5. The Balaban J connectivity index is 0.000000336. The number of Topliss-reactive ketones (excluding diaryl/α,β-unsaturated/α-hetero) is 1. The molecule has 188 valence electrons. The summed E-state index contributed by atoms with van der Waals surface area (Å²) in [5.41, 5.74) is 3.60. The van der Waals surface area contributed by atoms with Crippen LogP contribution in [0, 0.1) is 0 Å². The van der Waals surface area contributed by atoms with Gasteiger partial charge in [0.1, 0.15) is 27.4 Å². The summed E-state index contributed by atoms with van der Waals surface area (Å²) in [6.07, 6.45) is 3.68. The molecule has 2 aliphatic carbocycles. The van der Waals surface area contributed by atoms with Gasteiger partial charge in [-0.2, -0.15) is 0 Å². The summed E-state index contributed by atoms with van der Waals surface area (Å²) in [5, 5.41) is 10.7. The molecule has 0 bridgehead atoms. The number of ether oxygens (including phenoxy) is 2. The van der Waals surface area contributed by atoms with E-state index < -0.39 is 15.1 Å². The van der Waals surface area contributed by atoms with Crippen molar-refractivity contribution in [2.45, 2.75) is 63.7 Å². The quantitative estimate of drug-likeness (QED) is 0.358. The first-order valence-corrected chi connectivity index (χ1v) is 12.6. The van der Waals surface area contributed by atoms with Gasteiger partial charge in [-0.3, -0.25) is 4.79 Å². The molecule has 0 saturated heterocycles. The molecule has 0 saturated carbocycles. The molecule has 0 fully saturated rings. The van der Waals surface area contributed by atoms with Gasteiger partial charge in [0.25, 0.3) is 0 Å². The molecule has 0 aliphatic heterocycles. The average molecular weight is 535 g/mol. The van der Waals surface area contributed by atoms with Crippen LogP contribution in [-0.2, 0) is 40.6 Å². The van der Waals surface area contributed by atoms with E-state index in [4.69, 9.17) is 21.1 Å². The molecular formula is C25H32ClNaO7S. The van der Waals surface area contributed by atoms with Crippen molar-refractivity contribution in [2.24, 2.45) is 0 Å². The Morgan fingerprint density at radius 2 is 1.60 bits per heavy atom. The zero-order chi connectivity index (χ0) is 24.2. The fourth-order valence-electron chi connectivity index (χ4n) is 4.44. The zero-order valence-electron chi connectivity index (χ0n) is 19.7. The molecule has 0 amide bonds. The van der Waals surface area contributed by atoms with Crippen molar-refractivity contribution >= 4 is 27.5 Å². The van der Waals surface area contributed by atoms with Gasteiger partial charge in [-0.25, -0.2) is 8.42 Å². The van der Waals surface area contributed by atoms with Crippen LogP contribution in [0.5, 0.6) is 11.5 Å². The second-order valence-corrected chi connectivity index (χ2v) is 10.4. The van der Waals surface area contributed by atoms with E-state index in [1.165, 1.54) is 7.11 Å². The van der Waals surface area contributed by atoms with Crippen LogP contribution in [0.25, 0.3) is 0 Å². The summed E-state index contributed by atoms with van der Waals surface area (Å²) >= 11 is 6.10. The zero-order valence-corrected chi connectivity index (χ0v) is 23.3. The number of hydrogen-bond acceptors (Lipinski definition) is 7. The van der Waals surface area contributed by atoms with Crippen molar-refractivity contribution in [3.63, 3.8) is 0 Å². The van der Waals surface area contributed by atoms with Gasteiger partial charge >= 0.3 is 29.6 Å². The van der Waals surface area contributed by atoms with E-state index in [1.54, 1.807) is 31.4 Å². The van der Waals surface area contributed by atoms with Crippen molar-refractivity contribution in [3.05, 3.63) is 57.6 Å². The van der Waals surface area contributed by atoms with Crippen LogP contribution in [0.4, 0.5) is 0 Å². The van der Waals surface area contributed by atoms with Crippen molar-refractivity contribution in [2.75, 3.05) is 14.2 Å². The first kappa shape index (κ1) is 31.9. The number of methoxy groups -OCH3 is 2. The van der Waals surface area contributed by atoms with E-state index in [0.717, 1.165) is 35.3 Å². The van der Waals surface area contributed by atoms with Gasteiger partial charge in [-0.15, -0.1) is 0 Å². The molecule has 7 nitrogen and oxygen atoms in total. The van der Waals surface area contributed by atoms with Crippen LogP contribution in [0.2, 0.25) is 5.02 Å². The Morgan fingerprint density at radius 1 is 0.971 bits per heavy atom. The first-order valence-electron chi connectivity index (χ1n) is 10.8. The molecule has 2 aromatic carbocycles. The second kappa shape index (κ2) is 13.4. The third kappa shape index (κ3) is 7.44. The second-order valence-electron chi connectivity index (χ2n) is 8.30. The Kier molecular flexibility index (Phi) is 12.2. The maximum absolute atomic E-state index is 11.5. The van der Waals surface area contributed by atoms with Crippen molar-refractivity contribution in [1.29, 1.82) is 0 Å². The topological polar surface area (TPSA) is 113 Å². The molecule has 1 unspecified atom stereocenters. The molecule has 10 heteroatoms. The van der Waals surface area contributed by atoms with Crippen molar-refractivity contribution in [3.8, 4) is 11.5 Å². The van der Waals surface area contributed by atoms with Crippen LogP contribution >= 0.6 is 11.6 Å². The number of aliphatic hydroxyl groups is 1. The molecule has 2 aliphatic rings. The fraction of sp³-hybridized carbons (Fsp3) is 0.480. The molecule has 2 aromatic rings. The van der Waals surface area contributed by atoms with Gasteiger partial charge in [-0.1, -0.05) is 31.2 Å². The Bertz CT molecular complexity index is 1140. The Labute approximate surface area is 235 Å². The number of ketones is 1. The third-order valence-corrected chi connectivity index (χ3v) is 7.82. The molecule has 0 radical (unpaired) electrons. The standard InChI is InChI=1S/C12H13ClO2.C12H16O5S.CH4.Na/c1-15-12-6-5-11(13)10-7-8(14)3-2-4-9(10)12;1-17-11-6-2-4-9-8-12(13,18(14,15)16)7-3-5-10(9)11;;/h5-6H,2-4,7H2,1H3;2,4,6,13H,3,5,7-8H2,1H3,(H,14,15,16);1H4;/q;;;+1/p-1. The predicted octanol–water partition coefficient (Wildman–Crippen LogP) is 1.24. The Hall–Kier alpha value is -1.13. The van der Waals surface area contributed by atoms with Gasteiger partial charge in [0.05, 0.1) is 14.2 Å². The normalized spacial score (nSPS) is 19.2. The minimum absolute atomic E-state index is 0. The minimum Gasteiger partial charge on any atom is -0.746 e. The monoisotopic (exact) mass is 534 g/mol. The van der Waals surface area contributed by atoms with Gasteiger partial charge in [0.2, 0.25) is 0 Å². The summed E-state index contributed by atoms with van der Waals surface area (Å²) in [7, 11) is -1.56. The number of benzene rings is 2. The van der Waals surface area contributed by atoms with Crippen LogP contribution in [0.3, 0.4) is 0 Å². The van der Waals surface area contributed by atoms with Gasteiger partial charge in [0.15, 0.2) is 4.93 Å². The molecule has 1 N–H and O–H groups in total. The maximum Gasteiger partial charge on any atom is 1.00 e. The van der Waals surface area contributed by atoms with Gasteiger partial charge in [0, 0.05) is 24.3 Å². The molecular weight excluding hydrogens is 503 g/mol. The minimum atomic E-state index is -4.75. The summed E-state index contributed by atoms with van der Waals surface area (Å²) in [4.78, 5) is 9.29. The molecule has 0 heterocycles. The van der Waals surface area contributed by atoms with Crippen molar-refractivity contribution in [1.82, 2.24) is 0 Å². The third-order valence-electron chi connectivity index (χ3n) is 6.18. The van der Waals surface area contributed by atoms with Crippen LogP contribution in [-0.4, -0.2) is 43.0 Å². The van der Waals surface area contributed by atoms with E-state index in [2.05, 4.69) is 0 Å². The van der Waals surface area contributed by atoms with Gasteiger partial charge in [-0.05, 0) is 72.6 Å². The van der Waals surface area contributed by atoms with E-state index in [0.29, 0.717) is 42.0 Å². The molecule has 35 heavy (non-hydrogen) atoms. The Morgan fingerprint density at radius 3 is 2.23 bits per heavy atom.